The molecule has 16 heavy (non-hydrogen) atoms. The fourth-order valence-electron chi connectivity index (χ4n) is 1.23. The van der Waals surface area contributed by atoms with Crippen LogP contribution in [-0.4, -0.2) is 18.6 Å². The lowest BCUT2D eigenvalue weighted by molar-refractivity contribution is -0.384. The minimum Gasteiger partial charge on any atom is -0.496 e. The number of nitro groups is 1. The zero-order valence-corrected chi connectivity index (χ0v) is 9.10. The minimum atomic E-state index is -0.443. The first-order valence-electron chi connectivity index (χ1n) is 4.85. The van der Waals surface area contributed by atoms with Gasteiger partial charge >= 0.3 is 0 Å². The van der Waals surface area contributed by atoms with Crippen molar-refractivity contribution in [2.24, 2.45) is 0 Å². The van der Waals surface area contributed by atoms with E-state index in [-0.39, 0.29) is 5.69 Å². The van der Waals surface area contributed by atoms with Gasteiger partial charge in [-0.3, -0.25) is 10.1 Å². The van der Waals surface area contributed by atoms with Crippen molar-refractivity contribution in [1.29, 1.82) is 0 Å². The quantitative estimate of drug-likeness (QED) is 0.348. The first-order valence-corrected chi connectivity index (χ1v) is 4.85. The molecular formula is C11H14N2O3. The molecule has 0 spiro atoms. The molecule has 0 saturated heterocycles. The Morgan fingerprint density at radius 1 is 1.56 bits per heavy atom. The molecule has 0 aromatic heterocycles. The van der Waals surface area contributed by atoms with E-state index < -0.39 is 4.92 Å². The zero-order chi connectivity index (χ0) is 12.0. The van der Waals surface area contributed by atoms with Crippen LogP contribution in [0.3, 0.4) is 0 Å². The number of benzene rings is 1. The van der Waals surface area contributed by atoms with E-state index in [1.807, 2.05) is 0 Å². The lowest BCUT2D eigenvalue weighted by Crippen LogP contribution is -2.01. The highest BCUT2D eigenvalue weighted by Crippen LogP contribution is 2.25. The molecule has 0 aliphatic carbocycles. The zero-order valence-electron chi connectivity index (χ0n) is 9.10. The normalized spacial score (nSPS) is 9.56. The van der Waals surface area contributed by atoms with Crippen molar-refractivity contribution < 1.29 is 9.66 Å². The van der Waals surface area contributed by atoms with Crippen LogP contribution in [0.2, 0.25) is 0 Å². The number of hydrogen-bond acceptors (Lipinski definition) is 4. The molecule has 0 unspecified atom stereocenters. The third-order valence-electron chi connectivity index (χ3n) is 2.02. The number of nitrogens with zero attached hydrogens (tertiary/aromatic N) is 1. The van der Waals surface area contributed by atoms with Gasteiger partial charge in [-0.05, 0) is 6.42 Å². The van der Waals surface area contributed by atoms with E-state index in [0.29, 0.717) is 18.0 Å². The topological polar surface area (TPSA) is 64.4 Å². The van der Waals surface area contributed by atoms with Crippen LogP contribution < -0.4 is 10.1 Å². The molecule has 86 valence electrons. The highest BCUT2D eigenvalue weighted by atomic mass is 16.6. The second kappa shape index (κ2) is 5.75. The third kappa shape index (κ3) is 3.27. The molecule has 0 amide bonds. The molecule has 0 aliphatic rings. The SMILES string of the molecule is C=CCCNc1cc(OC)cc([N+](=O)[O-])c1. The van der Waals surface area contributed by atoms with Crippen molar-refractivity contribution in [1.82, 2.24) is 0 Å². The standard InChI is InChI=1S/C11H14N2O3/c1-3-4-5-12-9-6-10(13(14)15)8-11(7-9)16-2/h3,6-8,12H,1,4-5H2,2H3. The summed E-state index contributed by atoms with van der Waals surface area (Å²) < 4.78 is 4.99. The van der Waals surface area contributed by atoms with Crippen LogP contribution in [0.5, 0.6) is 5.75 Å². The van der Waals surface area contributed by atoms with Crippen molar-refractivity contribution in [3.63, 3.8) is 0 Å². The van der Waals surface area contributed by atoms with Crippen LogP contribution >= 0.6 is 0 Å². The van der Waals surface area contributed by atoms with Crippen LogP contribution in [0.25, 0.3) is 0 Å². The number of ether oxygens (including phenoxy) is 1. The maximum Gasteiger partial charge on any atom is 0.275 e. The van der Waals surface area contributed by atoms with E-state index in [9.17, 15) is 10.1 Å². The van der Waals surface area contributed by atoms with Crippen LogP contribution in [0.15, 0.2) is 30.9 Å². The average Bonchev–Trinajstić information content (AvgIpc) is 2.29. The summed E-state index contributed by atoms with van der Waals surface area (Å²) in [7, 11) is 1.48. The van der Waals surface area contributed by atoms with E-state index in [0.717, 1.165) is 6.42 Å². The number of hydrogen-bond donors (Lipinski definition) is 1. The summed E-state index contributed by atoms with van der Waals surface area (Å²) in [5, 5.41) is 13.7. The Balaban J connectivity index is 2.86. The van der Waals surface area contributed by atoms with Crippen molar-refractivity contribution in [2.75, 3.05) is 19.0 Å². The van der Waals surface area contributed by atoms with E-state index in [2.05, 4.69) is 11.9 Å². The molecule has 0 fully saturated rings. The smallest absolute Gasteiger partial charge is 0.275 e. The molecule has 5 heteroatoms. The van der Waals surface area contributed by atoms with Gasteiger partial charge in [0.2, 0.25) is 0 Å². The Morgan fingerprint density at radius 2 is 2.31 bits per heavy atom. The van der Waals surface area contributed by atoms with E-state index in [1.165, 1.54) is 19.2 Å². The summed E-state index contributed by atoms with van der Waals surface area (Å²) in [6, 6.07) is 4.58. The summed E-state index contributed by atoms with van der Waals surface area (Å²) in [5.41, 5.74) is 0.688. The van der Waals surface area contributed by atoms with Crippen LogP contribution in [0.1, 0.15) is 6.42 Å². The first-order chi connectivity index (χ1) is 7.67. The van der Waals surface area contributed by atoms with Gasteiger partial charge in [-0.1, -0.05) is 6.08 Å². The Bertz CT molecular complexity index is 391. The molecule has 5 nitrogen and oxygen atoms in total. The molecule has 0 radical (unpaired) electrons. The predicted octanol–water partition coefficient (Wildman–Crippen LogP) is 2.59. The summed E-state index contributed by atoms with van der Waals surface area (Å²) in [4.78, 5) is 10.2. The molecule has 0 bridgehead atoms. The second-order valence-corrected chi connectivity index (χ2v) is 3.18. The van der Waals surface area contributed by atoms with Crippen molar-refractivity contribution in [3.05, 3.63) is 41.0 Å². The fourth-order valence-corrected chi connectivity index (χ4v) is 1.23. The summed E-state index contributed by atoms with van der Waals surface area (Å²) >= 11 is 0. The van der Waals surface area contributed by atoms with Gasteiger partial charge in [0.15, 0.2) is 0 Å². The van der Waals surface area contributed by atoms with Crippen molar-refractivity contribution in [3.8, 4) is 5.75 Å². The van der Waals surface area contributed by atoms with Crippen molar-refractivity contribution >= 4 is 11.4 Å². The third-order valence-corrected chi connectivity index (χ3v) is 2.02. The molecule has 1 rings (SSSR count). The average molecular weight is 222 g/mol. The number of nitrogens with one attached hydrogen (secondary N) is 1. The largest absolute Gasteiger partial charge is 0.496 e. The molecule has 0 saturated carbocycles. The van der Waals surface area contributed by atoms with Gasteiger partial charge in [0, 0.05) is 24.4 Å². The highest BCUT2D eigenvalue weighted by molar-refractivity contribution is 5.56. The van der Waals surface area contributed by atoms with Gasteiger partial charge < -0.3 is 10.1 Å². The molecule has 0 heterocycles. The summed E-state index contributed by atoms with van der Waals surface area (Å²) in [6.07, 6.45) is 2.58. The van der Waals surface area contributed by atoms with Crippen LogP contribution in [-0.2, 0) is 0 Å². The Morgan fingerprint density at radius 3 is 2.88 bits per heavy atom. The van der Waals surface area contributed by atoms with E-state index in [1.54, 1.807) is 12.1 Å². The van der Waals surface area contributed by atoms with Gasteiger partial charge in [-0.25, -0.2) is 0 Å². The minimum absolute atomic E-state index is 0.0143. The monoisotopic (exact) mass is 222 g/mol. The Labute approximate surface area is 93.9 Å². The lowest BCUT2D eigenvalue weighted by Gasteiger charge is -2.07. The molecule has 1 aromatic carbocycles. The molecular weight excluding hydrogens is 208 g/mol. The van der Waals surface area contributed by atoms with Crippen LogP contribution in [0, 0.1) is 10.1 Å². The van der Waals surface area contributed by atoms with Gasteiger partial charge in [0.05, 0.1) is 18.1 Å². The number of methoxy groups -OCH3 is 1. The number of nitro benzene ring substituents is 1. The lowest BCUT2D eigenvalue weighted by atomic mass is 10.2. The molecule has 1 aromatic rings. The number of rotatable bonds is 6. The fraction of sp³-hybridized carbons (Fsp3) is 0.273. The van der Waals surface area contributed by atoms with Crippen LogP contribution in [0.4, 0.5) is 11.4 Å². The Kier molecular flexibility index (Phi) is 4.32. The summed E-state index contributed by atoms with van der Waals surface area (Å²) in [5.74, 6) is 0.468. The van der Waals surface area contributed by atoms with E-state index in [4.69, 9.17) is 4.74 Å². The highest BCUT2D eigenvalue weighted by Gasteiger charge is 2.09. The van der Waals surface area contributed by atoms with Crippen molar-refractivity contribution in [2.45, 2.75) is 6.42 Å². The molecule has 0 atom stereocenters. The van der Waals surface area contributed by atoms with Gasteiger partial charge in [-0.2, -0.15) is 0 Å². The number of anilines is 1. The maximum absolute atomic E-state index is 10.7. The summed E-state index contributed by atoms with van der Waals surface area (Å²) in [6.45, 7) is 4.29. The Hall–Kier alpha value is -2.04. The van der Waals surface area contributed by atoms with Gasteiger partial charge in [0.1, 0.15) is 5.75 Å². The molecule has 1 N–H and O–H groups in total. The second-order valence-electron chi connectivity index (χ2n) is 3.18. The first kappa shape index (κ1) is 12.0. The van der Waals surface area contributed by atoms with Gasteiger partial charge in [0.25, 0.3) is 5.69 Å². The van der Waals surface area contributed by atoms with E-state index >= 15 is 0 Å². The predicted molar refractivity (Wildman–Crippen MR) is 63.0 cm³/mol. The number of non-ortho nitro benzene ring substituents is 1. The maximum atomic E-state index is 10.7. The van der Waals surface area contributed by atoms with Gasteiger partial charge in [-0.15, -0.1) is 6.58 Å². The molecule has 0 aliphatic heterocycles.